The van der Waals surface area contributed by atoms with Gasteiger partial charge in [-0.25, -0.2) is 18.6 Å². The van der Waals surface area contributed by atoms with Gasteiger partial charge in [-0.15, -0.1) is 11.3 Å². The summed E-state index contributed by atoms with van der Waals surface area (Å²) in [6.45, 7) is 1.16. The van der Waals surface area contributed by atoms with Gasteiger partial charge in [-0.1, -0.05) is 0 Å². The zero-order valence-corrected chi connectivity index (χ0v) is 14.8. The largest absolute Gasteiger partial charge is 0.490 e. The summed E-state index contributed by atoms with van der Waals surface area (Å²) in [5.74, 6) is -5.34. The van der Waals surface area contributed by atoms with Crippen molar-refractivity contribution in [3.8, 4) is 0 Å². The number of carboxylic acids is 1. The third-order valence-electron chi connectivity index (χ3n) is 3.77. The molecule has 1 saturated carbocycles. The molecule has 3 heterocycles. The van der Waals surface area contributed by atoms with Crippen LogP contribution in [0.3, 0.4) is 0 Å². The molecule has 1 unspecified atom stereocenters. The smallest absolute Gasteiger partial charge is 0.475 e. The van der Waals surface area contributed by atoms with Crippen LogP contribution in [0.4, 0.5) is 22.0 Å². The molecule has 4 rings (SSSR count). The quantitative estimate of drug-likeness (QED) is 0.617. The maximum Gasteiger partial charge on any atom is 0.490 e. The highest BCUT2D eigenvalue weighted by molar-refractivity contribution is 7.15. The number of aliphatic carboxylic acids is 1. The number of halogens is 5. The normalized spacial score (nSPS) is 18.0. The molecule has 0 radical (unpaired) electrons. The minimum atomic E-state index is -5.08. The van der Waals surface area contributed by atoms with Crippen molar-refractivity contribution in [2.75, 3.05) is 0 Å². The van der Waals surface area contributed by atoms with Gasteiger partial charge >= 0.3 is 12.1 Å². The molecule has 1 aliphatic carbocycles. The molecule has 0 aromatic carbocycles. The van der Waals surface area contributed by atoms with Crippen LogP contribution in [0.5, 0.6) is 0 Å². The van der Waals surface area contributed by atoms with Crippen LogP contribution in [-0.2, 0) is 17.9 Å². The van der Waals surface area contributed by atoms with Crippen molar-refractivity contribution in [1.82, 2.24) is 24.5 Å². The molecule has 3 aromatic heterocycles. The van der Waals surface area contributed by atoms with Gasteiger partial charge in [-0.3, -0.25) is 9.08 Å². The van der Waals surface area contributed by atoms with E-state index >= 15 is 0 Å². The molecule has 13 heteroatoms. The maximum atomic E-state index is 12.9. The van der Waals surface area contributed by atoms with Gasteiger partial charge in [0, 0.05) is 43.5 Å². The van der Waals surface area contributed by atoms with Gasteiger partial charge in [0.15, 0.2) is 4.96 Å². The number of nitrogens with zero attached hydrogens (tertiary/aromatic N) is 4. The standard InChI is InChI=1S/C13H13F2N5S.C2HF3O2/c14-13(15)5-11(13)20-2-1-9(18-20)6-16-7-10-8-19-3-4-21-12(19)17-10;3-2(4,5)1(6)7/h1-4,8,11,16H,5-7H2;(H,6,7). The first-order chi connectivity index (χ1) is 13.1. The van der Waals surface area contributed by atoms with Crippen LogP contribution in [0.2, 0.25) is 0 Å². The van der Waals surface area contributed by atoms with Crippen LogP contribution in [0.1, 0.15) is 23.9 Å². The molecule has 1 fully saturated rings. The average molecular weight is 423 g/mol. The molecule has 0 spiro atoms. The van der Waals surface area contributed by atoms with Crippen molar-refractivity contribution in [3.05, 3.63) is 41.4 Å². The Kier molecular flexibility index (Phi) is 5.39. The fourth-order valence-electron chi connectivity index (χ4n) is 2.31. The molecule has 0 aliphatic heterocycles. The van der Waals surface area contributed by atoms with Gasteiger partial charge in [0.1, 0.15) is 6.04 Å². The number of hydrogen-bond acceptors (Lipinski definition) is 5. The maximum absolute atomic E-state index is 12.9. The zero-order valence-electron chi connectivity index (χ0n) is 14.0. The fourth-order valence-corrected chi connectivity index (χ4v) is 3.03. The van der Waals surface area contributed by atoms with E-state index in [4.69, 9.17) is 9.90 Å². The number of nitrogens with one attached hydrogen (secondary N) is 1. The topological polar surface area (TPSA) is 84.5 Å². The van der Waals surface area contributed by atoms with E-state index in [1.165, 1.54) is 4.68 Å². The van der Waals surface area contributed by atoms with Crippen LogP contribution in [0.15, 0.2) is 30.0 Å². The fraction of sp³-hybridized carbons (Fsp3) is 0.400. The Morgan fingerprint density at radius 3 is 2.54 bits per heavy atom. The number of alkyl halides is 5. The van der Waals surface area contributed by atoms with E-state index in [-0.39, 0.29) is 6.42 Å². The lowest BCUT2D eigenvalue weighted by Crippen LogP contribution is -2.21. The van der Waals surface area contributed by atoms with Gasteiger partial charge in [0.05, 0.1) is 11.4 Å². The second-order valence-corrected chi connectivity index (χ2v) is 6.87. The molecule has 2 N–H and O–H groups in total. The van der Waals surface area contributed by atoms with Crippen LogP contribution in [-0.4, -0.2) is 42.3 Å². The highest BCUT2D eigenvalue weighted by Crippen LogP contribution is 2.52. The van der Waals surface area contributed by atoms with Crippen LogP contribution >= 0.6 is 11.3 Å². The number of carbonyl (C=O) groups is 1. The van der Waals surface area contributed by atoms with E-state index in [0.717, 1.165) is 16.3 Å². The van der Waals surface area contributed by atoms with Crippen molar-refractivity contribution in [3.63, 3.8) is 0 Å². The Morgan fingerprint density at radius 1 is 1.32 bits per heavy atom. The van der Waals surface area contributed by atoms with Gasteiger partial charge < -0.3 is 10.4 Å². The first-order valence-corrected chi connectivity index (χ1v) is 8.78. The van der Waals surface area contributed by atoms with Crippen molar-refractivity contribution in [2.45, 2.75) is 37.7 Å². The highest BCUT2D eigenvalue weighted by atomic mass is 32.1. The Labute approximate surface area is 158 Å². The van der Waals surface area contributed by atoms with E-state index in [0.29, 0.717) is 13.1 Å². The Morgan fingerprint density at radius 2 is 1.96 bits per heavy atom. The summed E-state index contributed by atoms with van der Waals surface area (Å²) in [6.07, 6.45) is 0.373. The molecular formula is C15H14F5N5O2S. The molecule has 0 bridgehead atoms. The molecule has 0 amide bonds. The third-order valence-corrected chi connectivity index (χ3v) is 4.54. The number of hydrogen-bond donors (Lipinski definition) is 2. The van der Waals surface area contributed by atoms with Crippen LogP contribution in [0, 0.1) is 0 Å². The summed E-state index contributed by atoms with van der Waals surface area (Å²) in [5, 5.41) is 16.5. The first-order valence-electron chi connectivity index (χ1n) is 7.90. The number of carboxylic acid groups (broad SMARTS) is 1. The van der Waals surface area contributed by atoms with Gasteiger partial charge in [-0.05, 0) is 6.07 Å². The van der Waals surface area contributed by atoms with Crippen LogP contribution in [0.25, 0.3) is 4.96 Å². The van der Waals surface area contributed by atoms with Crippen molar-refractivity contribution in [2.24, 2.45) is 0 Å². The second-order valence-electron chi connectivity index (χ2n) is 6.00. The van der Waals surface area contributed by atoms with Gasteiger partial charge in [-0.2, -0.15) is 18.3 Å². The summed E-state index contributed by atoms with van der Waals surface area (Å²) < 4.78 is 61.0. The molecule has 7 nitrogen and oxygen atoms in total. The zero-order chi connectivity index (χ0) is 20.5. The number of thiazole rings is 1. The molecule has 1 aliphatic rings. The minimum Gasteiger partial charge on any atom is -0.475 e. The van der Waals surface area contributed by atoms with Crippen molar-refractivity contribution >= 4 is 22.3 Å². The summed E-state index contributed by atoms with van der Waals surface area (Å²) >= 11 is 1.59. The summed E-state index contributed by atoms with van der Waals surface area (Å²) in [6, 6.07) is 1.01. The molecule has 0 saturated heterocycles. The second kappa shape index (κ2) is 7.47. The molecule has 3 aromatic rings. The number of fused-ring (bicyclic) bond motifs is 1. The lowest BCUT2D eigenvalue weighted by Gasteiger charge is -2.00. The number of rotatable bonds is 5. The molecule has 28 heavy (non-hydrogen) atoms. The summed E-state index contributed by atoms with van der Waals surface area (Å²) in [5.41, 5.74) is 1.72. The molecule has 1 atom stereocenters. The predicted octanol–water partition coefficient (Wildman–Crippen LogP) is 3.10. The monoisotopic (exact) mass is 423 g/mol. The average Bonchev–Trinajstić information content (AvgIpc) is 3.02. The number of aromatic nitrogens is 4. The van der Waals surface area contributed by atoms with Crippen molar-refractivity contribution in [1.29, 1.82) is 0 Å². The molecular weight excluding hydrogens is 409 g/mol. The third kappa shape index (κ3) is 4.84. The predicted molar refractivity (Wildman–Crippen MR) is 88.1 cm³/mol. The van der Waals surface area contributed by atoms with E-state index in [1.54, 1.807) is 23.6 Å². The van der Waals surface area contributed by atoms with Crippen LogP contribution < -0.4 is 5.32 Å². The van der Waals surface area contributed by atoms with Gasteiger partial charge in [0.25, 0.3) is 5.92 Å². The summed E-state index contributed by atoms with van der Waals surface area (Å²) in [7, 11) is 0. The number of imidazole rings is 1. The van der Waals surface area contributed by atoms with E-state index < -0.39 is 24.1 Å². The highest BCUT2D eigenvalue weighted by Gasteiger charge is 2.59. The van der Waals surface area contributed by atoms with E-state index in [1.807, 2.05) is 22.2 Å². The molecule has 152 valence electrons. The van der Waals surface area contributed by atoms with E-state index in [2.05, 4.69) is 15.4 Å². The van der Waals surface area contributed by atoms with Gasteiger partial charge in [0.2, 0.25) is 0 Å². The Balaban J connectivity index is 0.000000279. The van der Waals surface area contributed by atoms with Crippen molar-refractivity contribution < 1.29 is 31.9 Å². The Hall–Kier alpha value is -2.54. The SMILES string of the molecule is FC1(F)CC1n1ccc(CNCc2cn3ccsc3n2)n1.O=C(O)C(F)(F)F. The minimum absolute atomic E-state index is 0.104. The summed E-state index contributed by atoms with van der Waals surface area (Å²) in [4.78, 5) is 14.3. The lowest BCUT2D eigenvalue weighted by atomic mass is 10.4. The Bertz CT molecular complexity index is 935. The van der Waals surface area contributed by atoms with E-state index in [9.17, 15) is 22.0 Å². The first kappa shape index (κ1) is 20.2. The lowest BCUT2D eigenvalue weighted by molar-refractivity contribution is -0.192.